The number of hydrogen-bond donors (Lipinski definition) is 0. The van der Waals surface area contributed by atoms with E-state index in [4.69, 9.17) is 0 Å². The molecule has 0 spiro atoms. The monoisotopic (exact) mass is 488 g/mol. The van der Waals surface area contributed by atoms with E-state index in [1.165, 1.54) is 10.6 Å². The summed E-state index contributed by atoms with van der Waals surface area (Å²) in [6, 6.07) is 7.82. The molecule has 142 valence electrons. The molecule has 0 bridgehead atoms. The molecule has 8 heteroatoms. The topological polar surface area (TPSA) is 42.3 Å². The van der Waals surface area contributed by atoms with Gasteiger partial charge in [0.2, 0.25) is 0 Å². The van der Waals surface area contributed by atoms with E-state index < -0.39 is 12.1 Å². The van der Waals surface area contributed by atoms with E-state index in [9.17, 15) is 22.8 Å². The van der Waals surface area contributed by atoms with Crippen LogP contribution >= 0.6 is 22.6 Å². The second-order valence-electron chi connectivity index (χ2n) is 6.91. The van der Waals surface area contributed by atoms with Crippen LogP contribution in [0.3, 0.4) is 0 Å². The van der Waals surface area contributed by atoms with Crippen molar-refractivity contribution in [1.82, 2.24) is 9.47 Å². The summed E-state index contributed by atoms with van der Waals surface area (Å²) in [4.78, 5) is 26.8. The van der Waals surface area contributed by atoms with Crippen molar-refractivity contribution < 1.29 is 18.0 Å². The van der Waals surface area contributed by atoms with Crippen molar-refractivity contribution in [2.75, 3.05) is 6.54 Å². The van der Waals surface area contributed by atoms with Gasteiger partial charge in [-0.3, -0.25) is 9.59 Å². The Hall–Kier alpha value is -1.84. The maximum atomic E-state index is 13.1. The summed E-state index contributed by atoms with van der Waals surface area (Å²) >= 11 is 1.94. The second-order valence-corrected chi connectivity index (χ2v) is 8.07. The predicted octanol–water partition coefficient (Wildman–Crippen LogP) is 3.87. The molecule has 4 nitrogen and oxygen atoms in total. The van der Waals surface area contributed by atoms with Crippen LogP contribution in [0.4, 0.5) is 13.2 Å². The van der Waals surface area contributed by atoms with Crippen LogP contribution in [0.15, 0.2) is 35.1 Å². The second kappa shape index (κ2) is 6.35. The summed E-state index contributed by atoms with van der Waals surface area (Å²) in [5.74, 6) is -1.69. The van der Waals surface area contributed by atoms with Gasteiger partial charge in [-0.1, -0.05) is 18.2 Å². The number of aromatic nitrogens is 1. The highest BCUT2D eigenvalue weighted by molar-refractivity contribution is 14.1. The Kier molecular flexibility index (Phi) is 4.36. The number of amides is 1. The van der Waals surface area contributed by atoms with Crippen molar-refractivity contribution in [2.24, 2.45) is 0 Å². The summed E-state index contributed by atoms with van der Waals surface area (Å²) in [6.45, 7) is 2.55. The van der Waals surface area contributed by atoms with E-state index in [2.05, 4.69) is 0 Å². The van der Waals surface area contributed by atoms with E-state index in [1.807, 2.05) is 29.5 Å². The number of halogens is 4. The van der Waals surface area contributed by atoms with Gasteiger partial charge in [0, 0.05) is 13.1 Å². The number of hydrogen-bond acceptors (Lipinski definition) is 2. The average Bonchev–Trinajstić information content (AvgIpc) is 2.57. The van der Waals surface area contributed by atoms with Gasteiger partial charge >= 0.3 is 6.18 Å². The highest BCUT2D eigenvalue weighted by atomic mass is 127. The van der Waals surface area contributed by atoms with E-state index >= 15 is 0 Å². The predicted molar refractivity (Wildman–Crippen MR) is 102 cm³/mol. The smallest absolute Gasteiger partial charge is 0.329 e. The van der Waals surface area contributed by atoms with Crippen LogP contribution in [0.2, 0.25) is 0 Å². The molecule has 1 aliphatic heterocycles. The number of alkyl halides is 3. The van der Waals surface area contributed by atoms with Crippen LogP contribution in [0.5, 0.6) is 0 Å². The number of carbonyl (C=O) groups is 1. The van der Waals surface area contributed by atoms with E-state index in [0.717, 1.165) is 5.56 Å². The van der Waals surface area contributed by atoms with Gasteiger partial charge in [-0.15, -0.1) is 0 Å². The molecule has 2 atom stereocenters. The summed E-state index contributed by atoms with van der Waals surface area (Å²) in [5, 5.41) is 0. The lowest BCUT2D eigenvalue weighted by Crippen LogP contribution is -2.46. The van der Waals surface area contributed by atoms with Gasteiger partial charge in [0.1, 0.15) is 5.69 Å². The van der Waals surface area contributed by atoms with Gasteiger partial charge in [-0.25, -0.2) is 0 Å². The minimum Gasteiger partial charge on any atom is -0.329 e. The molecule has 27 heavy (non-hydrogen) atoms. The van der Waals surface area contributed by atoms with Crippen molar-refractivity contribution in [3.8, 4) is 0 Å². The zero-order chi connectivity index (χ0) is 19.5. The fourth-order valence-corrected chi connectivity index (χ4v) is 4.48. The Labute approximate surface area is 167 Å². The summed E-state index contributed by atoms with van der Waals surface area (Å²) < 4.78 is 41.2. The zero-order valence-electron chi connectivity index (χ0n) is 14.4. The Morgan fingerprint density at radius 3 is 2.59 bits per heavy atom. The summed E-state index contributed by atoms with van der Waals surface area (Å²) in [7, 11) is 0. The number of carbonyl (C=O) groups excluding carboxylic acids is 1. The molecule has 0 N–H and O–H groups in total. The van der Waals surface area contributed by atoms with Crippen LogP contribution in [0, 0.1) is 3.57 Å². The quantitative estimate of drug-likeness (QED) is 0.603. The molecule has 2 aromatic rings. The fraction of sp³-hybridized carbons (Fsp3) is 0.368. The van der Waals surface area contributed by atoms with E-state index in [1.54, 1.807) is 29.2 Å². The molecule has 2 heterocycles. The van der Waals surface area contributed by atoms with Gasteiger partial charge < -0.3 is 9.47 Å². The molecule has 0 fully saturated rings. The first-order chi connectivity index (χ1) is 12.7. The lowest BCUT2D eigenvalue weighted by molar-refractivity contribution is -0.155. The summed E-state index contributed by atoms with van der Waals surface area (Å²) in [6.07, 6.45) is -4.29. The SMILES string of the molecule is CC(c1cccc2c1CC2C(F)(F)F)N1CCn2c(ccc(I)c2=O)C1=O. The number of benzene rings is 1. The normalized spacial score (nSPS) is 20.0. The molecule has 1 aromatic heterocycles. The van der Waals surface area contributed by atoms with Crippen molar-refractivity contribution in [2.45, 2.75) is 38.0 Å². The van der Waals surface area contributed by atoms with Crippen LogP contribution in [0.25, 0.3) is 0 Å². The van der Waals surface area contributed by atoms with E-state index in [0.29, 0.717) is 33.5 Å². The molecular formula is C19H16F3IN2O2. The molecule has 1 aromatic carbocycles. The third kappa shape index (κ3) is 2.88. The molecule has 2 aliphatic rings. The standard InChI is InChI=1S/C19H16F3IN2O2/c1-10(11-3-2-4-12-13(11)9-14(12)19(20,21)22)24-7-8-25-16(18(24)27)6-5-15(23)17(25)26/h2-6,10,14H,7-9H2,1H3. The summed E-state index contributed by atoms with van der Waals surface area (Å²) in [5.41, 5.74) is 1.88. The molecule has 0 saturated heterocycles. The third-order valence-electron chi connectivity index (χ3n) is 5.52. The first-order valence-electron chi connectivity index (χ1n) is 8.59. The number of nitrogens with zero attached hydrogens (tertiary/aromatic N) is 2. The Morgan fingerprint density at radius 1 is 1.15 bits per heavy atom. The lowest BCUT2D eigenvalue weighted by atomic mass is 9.73. The molecule has 4 rings (SSSR count). The van der Waals surface area contributed by atoms with Gasteiger partial charge in [0.25, 0.3) is 11.5 Å². The molecule has 1 aliphatic carbocycles. The van der Waals surface area contributed by atoms with Crippen molar-refractivity contribution in [3.63, 3.8) is 0 Å². The third-order valence-corrected chi connectivity index (χ3v) is 6.34. The molecule has 0 saturated carbocycles. The van der Waals surface area contributed by atoms with Gasteiger partial charge in [-0.05, 0) is 64.8 Å². The first kappa shape index (κ1) is 18.5. The Morgan fingerprint density at radius 2 is 1.89 bits per heavy atom. The van der Waals surface area contributed by atoms with Gasteiger partial charge in [0.05, 0.1) is 15.5 Å². The maximum Gasteiger partial charge on any atom is 0.396 e. The minimum atomic E-state index is -4.24. The molecular weight excluding hydrogens is 472 g/mol. The molecule has 1 amide bonds. The molecule has 0 radical (unpaired) electrons. The first-order valence-corrected chi connectivity index (χ1v) is 9.66. The zero-order valence-corrected chi connectivity index (χ0v) is 16.5. The lowest BCUT2D eigenvalue weighted by Gasteiger charge is -2.39. The molecule has 2 unspecified atom stereocenters. The van der Waals surface area contributed by atoms with Crippen LogP contribution in [-0.2, 0) is 13.0 Å². The van der Waals surface area contributed by atoms with Crippen LogP contribution in [0.1, 0.15) is 46.1 Å². The minimum absolute atomic E-state index is 0.0460. The van der Waals surface area contributed by atoms with Crippen molar-refractivity contribution >= 4 is 28.5 Å². The van der Waals surface area contributed by atoms with Crippen molar-refractivity contribution in [1.29, 1.82) is 0 Å². The van der Waals surface area contributed by atoms with Gasteiger partial charge in [0.15, 0.2) is 0 Å². The Bertz CT molecular complexity index is 999. The highest BCUT2D eigenvalue weighted by Gasteiger charge is 2.48. The fourth-order valence-electron chi connectivity index (χ4n) is 4.01. The highest BCUT2D eigenvalue weighted by Crippen LogP contribution is 2.48. The number of fused-ring (bicyclic) bond motifs is 2. The van der Waals surface area contributed by atoms with Crippen molar-refractivity contribution in [3.05, 3.63) is 66.6 Å². The number of rotatable bonds is 2. The maximum absolute atomic E-state index is 13.1. The van der Waals surface area contributed by atoms with E-state index in [-0.39, 0.29) is 23.9 Å². The van der Waals surface area contributed by atoms with Gasteiger partial charge in [-0.2, -0.15) is 13.2 Å². The average molecular weight is 488 g/mol. The van der Waals surface area contributed by atoms with Crippen LogP contribution in [-0.4, -0.2) is 28.1 Å². The van der Waals surface area contributed by atoms with Crippen LogP contribution < -0.4 is 5.56 Å². The largest absolute Gasteiger partial charge is 0.396 e. The number of pyridine rings is 1. The Balaban J connectivity index is 1.66.